The van der Waals surface area contributed by atoms with Crippen molar-refractivity contribution in [2.24, 2.45) is 5.92 Å². The molecule has 1 amide bonds. The number of aromatic nitrogens is 4. The Hall–Kier alpha value is -3.45. The van der Waals surface area contributed by atoms with Crippen molar-refractivity contribution < 1.29 is 39.9 Å². The summed E-state index contributed by atoms with van der Waals surface area (Å²) in [5.41, 5.74) is 1.73. The minimum atomic E-state index is -3.58. The monoisotopic (exact) mass is 697 g/mol. The Kier molecular flexibility index (Phi) is 8.47. The van der Waals surface area contributed by atoms with Crippen LogP contribution in [0.1, 0.15) is 55.0 Å². The molecule has 256 valence electrons. The highest BCUT2D eigenvalue weighted by Gasteiger charge is 2.48. The maximum atomic E-state index is 15.3. The van der Waals surface area contributed by atoms with Crippen LogP contribution in [0.15, 0.2) is 30.6 Å². The number of halogens is 2. The Bertz CT molecular complexity index is 1880. The van der Waals surface area contributed by atoms with Crippen LogP contribution >= 0.6 is 0 Å². The minimum absolute atomic E-state index is 0.0575. The molecule has 0 bridgehead atoms. The SMILES string of the molecule is CC(C)(C)OC(=O)N[C@H]1C(CN2Cc3cn(S(C)(=O)=O)nc3C2)[C@@H](N2Cc3cn(S(C)(=O)=O)nc3C2)CO[C@@H]1c1cc(F)ccc1F. The number of hydrogen-bond donors (Lipinski definition) is 1. The molecule has 0 spiro atoms. The van der Waals surface area contributed by atoms with Gasteiger partial charge in [0.25, 0.3) is 20.0 Å². The van der Waals surface area contributed by atoms with Crippen LogP contribution in [0.4, 0.5) is 13.6 Å². The second kappa shape index (κ2) is 11.9. The first-order valence-corrected chi connectivity index (χ1v) is 18.6. The Morgan fingerprint density at radius 1 is 0.979 bits per heavy atom. The smallest absolute Gasteiger partial charge is 0.407 e. The van der Waals surface area contributed by atoms with Gasteiger partial charge in [-0.05, 0) is 39.0 Å². The third-order valence-electron chi connectivity index (χ3n) is 8.50. The van der Waals surface area contributed by atoms with Crippen LogP contribution in [0.25, 0.3) is 0 Å². The lowest BCUT2D eigenvalue weighted by molar-refractivity contribution is -0.101. The van der Waals surface area contributed by atoms with E-state index in [-0.39, 0.29) is 12.2 Å². The topological polar surface area (TPSA) is 158 Å². The minimum Gasteiger partial charge on any atom is -0.444 e. The lowest BCUT2D eigenvalue weighted by Gasteiger charge is -2.47. The van der Waals surface area contributed by atoms with Gasteiger partial charge in [-0.1, -0.05) is 0 Å². The second-order valence-corrected chi connectivity index (χ2v) is 17.1. The standard InChI is InChI=1S/C29H37F2N7O7S2/c1-29(2,3)45-28(39)32-26-21(13-35-9-17-11-37(46(4,40)41)33-23(17)14-35)25(16-44-27(26)20-8-19(30)6-7-22(20)31)36-10-18-12-38(47(5,42)43)34-24(18)15-36/h6-8,11-12,21,25-27H,9-10,13-16H2,1-5H3,(H,32,39)/t21?,25-,26-,27+/m0/s1. The fraction of sp³-hybridized carbons (Fsp3) is 0.552. The lowest BCUT2D eigenvalue weighted by Crippen LogP contribution is -2.60. The van der Waals surface area contributed by atoms with Crippen molar-refractivity contribution in [1.29, 1.82) is 0 Å². The van der Waals surface area contributed by atoms with E-state index in [4.69, 9.17) is 9.47 Å². The number of carbonyl (C=O) groups is 1. The molecule has 1 aromatic carbocycles. The molecule has 0 aliphatic carbocycles. The van der Waals surface area contributed by atoms with Gasteiger partial charge in [-0.2, -0.15) is 18.4 Å². The van der Waals surface area contributed by atoms with Crippen molar-refractivity contribution in [3.8, 4) is 0 Å². The van der Waals surface area contributed by atoms with E-state index in [1.165, 1.54) is 12.4 Å². The molecule has 18 heteroatoms. The summed E-state index contributed by atoms with van der Waals surface area (Å²) in [5, 5.41) is 11.4. The molecule has 0 radical (unpaired) electrons. The van der Waals surface area contributed by atoms with Crippen molar-refractivity contribution in [3.63, 3.8) is 0 Å². The lowest BCUT2D eigenvalue weighted by atomic mass is 9.82. The van der Waals surface area contributed by atoms with Crippen molar-refractivity contribution in [1.82, 2.24) is 33.5 Å². The summed E-state index contributed by atoms with van der Waals surface area (Å²) in [6, 6.07) is 1.77. The van der Waals surface area contributed by atoms with Crippen molar-refractivity contribution >= 4 is 26.1 Å². The van der Waals surface area contributed by atoms with Gasteiger partial charge < -0.3 is 14.8 Å². The molecular weight excluding hydrogens is 660 g/mol. The number of nitrogens with zero attached hydrogens (tertiary/aromatic N) is 6. The molecule has 1 saturated heterocycles. The molecule has 1 fully saturated rings. The number of benzene rings is 1. The molecule has 0 saturated carbocycles. The average Bonchev–Trinajstić information content (AvgIpc) is 3.69. The molecule has 3 aliphatic heterocycles. The predicted octanol–water partition coefficient (Wildman–Crippen LogP) is 1.95. The van der Waals surface area contributed by atoms with Gasteiger partial charge in [0.1, 0.15) is 23.3 Å². The number of alkyl carbamates (subject to hydrolysis) is 1. The van der Waals surface area contributed by atoms with Crippen LogP contribution in [0.2, 0.25) is 0 Å². The Morgan fingerprint density at radius 3 is 2.17 bits per heavy atom. The van der Waals surface area contributed by atoms with Crippen molar-refractivity contribution in [3.05, 3.63) is 70.3 Å². The highest BCUT2D eigenvalue weighted by molar-refractivity contribution is 7.89. The Labute approximate surface area is 271 Å². The van der Waals surface area contributed by atoms with Gasteiger partial charge in [0.05, 0.1) is 36.5 Å². The fourth-order valence-corrected chi connectivity index (χ4v) is 7.63. The van der Waals surface area contributed by atoms with E-state index in [2.05, 4.69) is 25.3 Å². The van der Waals surface area contributed by atoms with E-state index in [1.807, 2.05) is 0 Å². The number of amides is 1. The zero-order valence-electron chi connectivity index (χ0n) is 26.6. The number of fused-ring (bicyclic) bond motifs is 2. The van der Waals surface area contributed by atoms with Crippen LogP contribution in [-0.2, 0) is 55.7 Å². The van der Waals surface area contributed by atoms with Crippen LogP contribution in [-0.4, -0.2) is 94.4 Å². The quantitative estimate of drug-likeness (QED) is 0.385. The van der Waals surface area contributed by atoms with E-state index in [0.717, 1.165) is 50.0 Å². The number of hydrogen-bond acceptors (Lipinski definition) is 11. The number of ether oxygens (including phenoxy) is 2. The van der Waals surface area contributed by atoms with Gasteiger partial charge in [-0.15, -0.1) is 0 Å². The van der Waals surface area contributed by atoms with Gasteiger partial charge in [0.15, 0.2) is 0 Å². The average molecular weight is 698 g/mol. The molecule has 47 heavy (non-hydrogen) atoms. The Balaban J connectivity index is 1.35. The summed E-state index contributed by atoms with van der Waals surface area (Å²) in [4.78, 5) is 17.4. The maximum absolute atomic E-state index is 15.3. The summed E-state index contributed by atoms with van der Waals surface area (Å²) in [5.74, 6) is -1.84. The zero-order chi connectivity index (χ0) is 34.1. The molecule has 4 atom stereocenters. The third kappa shape index (κ3) is 7.06. The molecular formula is C29H37F2N7O7S2. The van der Waals surface area contributed by atoms with Gasteiger partial charge in [0, 0.05) is 73.8 Å². The molecule has 3 aliphatic rings. The number of rotatable bonds is 7. The maximum Gasteiger partial charge on any atom is 0.407 e. The highest BCUT2D eigenvalue weighted by Crippen LogP contribution is 2.40. The summed E-state index contributed by atoms with van der Waals surface area (Å²) < 4.78 is 91.8. The summed E-state index contributed by atoms with van der Waals surface area (Å²) >= 11 is 0. The zero-order valence-corrected chi connectivity index (χ0v) is 28.2. The first-order chi connectivity index (χ1) is 21.9. The van der Waals surface area contributed by atoms with E-state index in [0.29, 0.717) is 44.1 Å². The summed E-state index contributed by atoms with van der Waals surface area (Å²) in [7, 11) is -7.15. The molecule has 14 nitrogen and oxygen atoms in total. The van der Waals surface area contributed by atoms with Gasteiger partial charge >= 0.3 is 6.09 Å². The molecule has 1 unspecified atom stereocenters. The van der Waals surface area contributed by atoms with E-state index in [1.54, 1.807) is 20.8 Å². The Morgan fingerprint density at radius 2 is 1.60 bits per heavy atom. The summed E-state index contributed by atoms with van der Waals surface area (Å²) in [6.07, 6.45) is 3.24. The second-order valence-electron chi connectivity index (χ2n) is 13.4. The summed E-state index contributed by atoms with van der Waals surface area (Å²) in [6.45, 7) is 6.86. The van der Waals surface area contributed by atoms with Gasteiger partial charge in [-0.25, -0.2) is 30.4 Å². The fourth-order valence-electron chi connectivity index (χ4n) is 6.49. The van der Waals surface area contributed by atoms with Gasteiger partial charge in [-0.3, -0.25) is 9.80 Å². The highest BCUT2D eigenvalue weighted by atomic mass is 32.2. The largest absolute Gasteiger partial charge is 0.444 e. The van der Waals surface area contributed by atoms with Crippen LogP contribution in [0, 0.1) is 17.6 Å². The normalized spacial score (nSPS) is 23.9. The van der Waals surface area contributed by atoms with E-state index >= 15 is 4.39 Å². The van der Waals surface area contributed by atoms with E-state index in [9.17, 15) is 26.0 Å². The van der Waals surface area contributed by atoms with Gasteiger partial charge in [0.2, 0.25) is 0 Å². The molecule has 1 N–H and O–H groups in total. The van der Waals surface area contributed by atoms with Crippen LogP contribution in [0.3, 0.4) is 0 Å². The first kappa shape index (κ1) is 33.5. The molecule has 5 heterocycles. The van der Waals surface area contributed by atoms with Crippen molar-refractivity contribution in [2.45, 2.75) is 70.7 Å². The van der Waals surface area contributed by atoms with E-state index < -0.39 is 67.5 Å². The van der Waals surface area contributed by atoms with Crippen LogP contribution in [0.5, 0.6) is 0 Å². The first-order valence-electron chi connectivity index (χ1n) is 14.9. The molecule has 3 aromatic rings. The molecule has 6 rings (SSSR count). The predicted molar refractivity (Wildman–Crippen MR) is 164 cm³/mol. The number of carbonyl (C=O) groups excluding carboxylic acids is 1. The van der Waals surface area contributed by atoms with Crippen LogP contribution < -0.4 is 5.32 Å². The van der Waals surface area contributed by atoms with Crippen molar-refractivity contribution in [2.75, 3.05) is 25.7 Å². The molecule has 2 aromatic heterocycles. The number of nitrogens with one attached hydrogen (secondary N) is 1. The third-order valence-corrected chi connectivity index (χ3v) is 10.2.